The van der Waals surface area contributed by atoms with E-state index in [0.29, 0.717) is 12.4 Å². The van der Waals surface area contributed by atoms with Crippen molar-refractivity contribution in [2.75, 3.05) is 20.1 Å². The lowest BCUT2D eigenvalue weighted by Crippen LogP contribution is -2.20. The fraction of sp³-hybridized carbons (Fsp3) is 0.280. The first-order valence-corrected chi connectivity index (χ1v) is 10.6. The number of fused-ring (bicyclic) bond motifs is 3. The van der Waals surface area contributed by atoms with Gasteiger partial charge in [-0.3, -0.25) is 14.3 Å². The van der Waals surface area contributed by atoms with Gasteiger partial charge in [-0.15, -0.1) is 12.4 Å². The van der Waals surface area contributed by atoms with Crippen LogP contribution in [0, 0.1) is 6.92 Å². The van der Waals surface area contributed by atoms with Crippen molar-refractivity contribution in [3.8, 4) is 11.4 Å². The summed E-state index contributed by atoms with van der Waals surface area (Å²) in [6.07, 6.45) is 5.43. The molecule has 0 aliphatic carbocycles. The van der Waals surface area contributed by atoms with Crippen LogP contribution < -0.4 is 10.3 Å². The Morgan fingerprint density at radius 2 is 1.94 bits per heavy atom. The number of benzene rings is 1. The van der Waals surface area contributed by atoms with Gasteiger partial charge in [0.15, 0.2) is 0 Å². The number of likely N-dealkylation sites (N-methyl/N-ethyl adjacent to an activating group) is 1. The first-order valence-electron chi connectivity index (χ1n) is 10.6. The van der Waals surface area contributed by atoms with Crippen molar-refractivity contribution in [1.82, 2.24) is 14.5 Å². The molecule has 6 nitrogen and oxygen atoms in total. The van der Waals surface area contributed by atoms with Gasteiger partial charge in [-0.2, -0.15) is 0 Å². The van der Waals surface area contributed by atoms with Crippen LogP contribution in [-0.4, -0.2) is 34.6 Å². The number of aromatic nitrogens is 2. The van der Waals surface area contributed by atoms with E-state index in [1.165, 1.54) is 11.6 Å². The first-order chi connectivity index (χ1) is 15.1. The Balaban J connectivity index is 0.00000245. The van der Waals surface area contributed by atoms with E-state index < -0.39 is 0 Å². The molecule has 0 saturated heterocycles. The van der Waals surface area contributed by atoms with Crippen LogP contribution in [0.1, 0.15) is 22.6 Å². The second kappa shape index (κ2) is 9.18. The summed E-state index contributed by atoms with van der Waals surface area (Å²) in [5, 5.41) is 1.15. The normalized spacial score (nSPS) is 13.9. The van der Waals surface area contributed by atoms with Crippen molar-refractivity contribution >= 4 is 23.4 Å². The Bertz CT molecular complexity index is 1290. The molecule has 0 fully saturated rings. The maximum Gasteiger partial charge on any atom is 0.258 e. The molecule has 166 valence electrons. The maximum atomic E-state index is 12.7. The minimum atomic E-state index is -0.145. The lowest BCUT2D eigenvalue weighted by atomic mass is 10.1. The fourth-order valence-electron chi connectivity index (χ4n) is 4.04. The number of pyridine rings is 2. The zero-order chi connectivity index (χ0) is 21.4. The summed E-state index contributed by atoms with van der Waals surface area (Å²) in [6, 6.07) is 13.2. The van der Waals surface area contributed by atoms with Gasteiger partial charge >= 0.3 is 0 Å². The second-order valence-electron chi connectivity index (χ2n) is 8.15. The molecule has 3 aromatic heterocycles. The lowest BCUT2D eigenvalue weighted by Gasteiger charge is -2.11. The van der Waals surface area contributed by atoms with Crippen LogP contribution >= 0.6 is 12.4 Å². The Hall–Kier alpha value is -3.09. The maximum absolute atomic E-state index is 12.7. The molecular formula is C25H26ClN3O3. The van der Waals surface area contributed by atoms with Gasteiger partial charge in [0.05, 0.1) is 5.69 Å². The Morgan fingerprint density at radius 3 is 2.72 bits per heavy atom. The number of hydrogen-bond donors (Lipinski definition) is 0. The highest BCUT2D eigenvalue weighted by Gasteiger charge is 2.19. The number of hydrogen-bond acceptors (Lipinski definition) is 5. The van der Waals surface area contributed by atoms with Gasteiger partial charge in [0.2, 0.25) is 0 Å². The molecule has 0 amide bonds. The van der Waals surface area contributed by atoms with E-state index in [4.69, 9.17) is 9.15 Å². The molecule has 0 N–H and O–H groups in total. The molecule has 1 aromatic carbocycles. The van der Waals surface area contributed by atoms with Gasteiger partial charge in [-0.25, -0.2) is 0 Å². The molecule has 5 rings (SSSR count). The Morgan fingerprint density at radius 1 is 1.09 bits per heavy atom. The summed E-state index contributed by atoms with van der Waals surface area (Å²) in [7, 11) is 2.14. The third-order valence-corrected chi connectivity index (χ3v) is 5.87. The smallest absolute Gasteiger partial charge is 0.258 e. The van der Waals surface area contributed by atoms with Gasteiger partial charge in [0, 0.05) is 66.2 Å². The average Bonchev–Trinajstić information content (AvgIpc) is 3.02. The van der Waals surface area contributed by atoms with Crippen LogP contribution in [0.3, 0.4) is 0 Å². The third kappa shape index (κ3) is 4.42. The van der Waals surface area contributed by atoms with Gasteiger partial charge < -0.3 is 14.1 Å². The molecule has 0 spiro atoms. The molecule has 0 bridgehead atoms. The van der Waals surface area contributed by atoms with Crippen molar-refractivity contribution in [2.45, 2.75) is 26.4 Å². The summed E-state index contributed by atoms with van der Waals surface area (Å²) in [6.45, 7) is 4.34. The highest BCUT2D eigenvalue weighted by Crippen LogP contribution is 2.30. The summed E-state index contributed by atoms with van der Waals surface area (Å²) in [5.74, 6) is 1.61. The summed E-state index contributed by atoms with van der Waals surface area (Å²) in [5.41, 5.74) is 4.70. The predicted octanol–water partition coefficient (Wildman–Crippen LogP) is 4.32. The highest BCUT2D eigenvalue weighted by molar-refractivity contribution is 5.85. The minimum Gasteiger partial charge on any atom is -0.489 e. The van der Waals surface area contributed by atoms with Crippen molar-refractivity contribution in [3.05, 3.63) is 87.8 Å². The Kier molecular flexibility index (Phi) is 6.35. The molecule has 32 heavy (non-hydrogen) atoms. The lowest BCUT2D eigenvalue weighted by molar-refractivity contribution is 0.304. The molecule has 7 heteroatoms. The van der Waals surface area contributed by atoms with Crippen molar-refractivity contribution in [1.29, 1.82) is 0 Å². The zero-order valence-corrected chi connectivity index (χ0v) is 19.0. The number of aryl methyl sites for hydroxylation is 1. The fourth-order valence-corrected chi connectivity index (χ4v) is 4.04. The average molecular weight is 452 g/mol. The summed E-state index contributed by atoms with van der Waals surface area (Å²) >= 11 is 0. The molecule has 0 radical (unpaired) electrons. The first kappa shape index (κ1) is 22.1. The van der Waals surface area contributed by atoms with Gasteiger partial charge in [0.25, 0.3) is 5.56 Å². The highest BCUT2D eigenvalue weighted by atomic mass is 35.5. The minimum absolute atomic E-state index is 0. The van der Waals surface area contributed by atoms with E-state index in [-0.39, 0.29) is 18.0 Å². The van der Waals surface area contributed by atoms with E-state index in [9.17, 15) is 4.79 Å². The predicted molar refractivity (Wildman–Crippen MR) is 127 cm³/mol. The topological polar surface area (TPSA) is 60.5 Å². The molecule has 1 aliphatic rings. The van der Waals surface area contributed by atoms with E-state index in [0.717, 1.165) is 59.6 Å². The van der Waals surface area contributed by atoms with Crippen molar-refractivity contribution in [2.24, 2.45) is 0 Å². The number of rotatable bonds is 4. The van der Waals surface area contributed by atoms with Gasteiger partial charge in [0.1, 0.15) is 23.7 Å². The van der Waals surface area contributed by atoms with Crippen LogP contribution in [0.5, 0.6) is 5.75 Å². The summed E-state index contributed by atoms with van der Waals surface area (Å²) < 4.78 is 13.6. The van der Waals surface area contributed by atoms with Crippen molar-refractivity contribution < 1.29 is 9.15 Å². The van der Waals surface area contributed by atoms with Crippen LogP contribution in [0.15, 0.2) is 64.1 Å². The quantitative estimate of drug-likeness (QED) is 0.462. The number of furan rings is 1. The molecule has 0 saturated carbocycles. The number of ether oxygens (including phenoxy) is 1. The van der Waals surface area contributed by atoms with Crippen LogP contribution in [0.4, 0.5) is 0 Å². The third-order valence-electron chi connectivity index (χ3n) is 5.87. The number of nitrogens with zero attached hydrogens (tertiary/aromatic N) is 3. The van der Waals surface area contributed by atoms with E-state index >= 15 is 0 Å². The molecule has 4 aromatic rings. The molecule has 0 atom stereocenters. The van der Waals surface area contributed by atoms with Crippen LogP contribution in [0.2, 0.25) is 0 Å². The number of halogens is 1. The van der Waals surface area contributed by atoms with Crippen molar-refractivity contribution in [3.63, 3.8) is 0 Å². The summed E-state index contributed by atoms with van der Waals surface area (Å²) in [4.78, 5) is 19.3. The van der Waals surface area contributed by atoms with Gasteiger partial charge in [-0.1, -0.05) is 6.07 Å². The zero-order valence-electron chi connectivity index (χ0n) is 18.2. The second-order valence-corrected chi connectivity index (χ2v) is 8.15. The van der Waals surface area contributed by atoms with Gasteiger partial charge in [-0.05, 0) is 44.7 Å². The Labute approximate surface area is 192 Å². The largest absolute Gasteiger partial charge is 0.489 e. The molecular weight excluding hydrogens is 426 g/mol. The molecule has 0 unspecified atom stereocenters. The molecule has 4 heterocycles. The monoisotopic (exact) mass is 451 g/mol. The van der Waals surface area contributed by atoms with E-state index in [2.05, 4.69) is 23.0 Å². The van der Waals surface area contributed by atoms with Crippen LogP contribution in [0.25, 0.3) is 16.7 Å². The van der Waals surface area contributed by atoms with E-state index in [1.807, 2.05) is 31.2 Å². The van der Waals surface area contributed by atoms with E-state index in [1.54, 1.807) is 23.0 Å². The standard InChI is InChI=1S/C25H25N3O3.ClH/c1-17-3-4-18(15-26-17)16-30-20-7-12-28(25(29)14-20)19-5-6-21-22-8-10-27(2)11-9-23(22)31-24(21)13-19;/h3-7,12-15H,8-11,16H2,1-2H3;1H. The van der Waals surface area contributed by atoms with Crippen LogP contribution in [-0.2, 0) is 19.4 Å². The SMILES string of the molecule is Cc1ccc(COc2ccn(-c3ccc4c5c(oc4c3)CCN(C)CC5)c(=O)c2)cn1.Cl. The molecule has 1 aliphatic heterocycles.